The Balaban J connectivity index is 1.70. The molecule has 2 rings (SSSR count). The second-order valence-electron chi connectivity index (χ2n) is 5.30. The highest BCUT2D eigenvalue weighted by molar-refractivity contribution is 5.74. The van der Waals surface area contributed by atoms with Gasteiger partial charge in [0.05, 0.1) is 24.3 Å². The smallest absolute Gasteiger partial charge is 0.315 e. The van der Waals surface area contributed by atoms with Crippen LogP contribution in [0.15, 0.2) is 0 Å². The quantitative estimate of drug-likeness (QED) is 0.799. The molecule has 5 nitrogen and oxygen atoms in total. The fourth-order valence-corrected chi connectivity index (χ4v) is 2.63. The normalized spacial score (nSPS) is 31.0. The van der Waals surface area contributed by atoms with Crippen LogP contribution in [-0.4, -0.2) is 43.5 Å². The molecule has 0 radical (unpaired) electrons. The first-order valence-electron chi connectivity index (χ1n) is 6.97. The van der Waals surface area contributed by atoms with Crippen molar-refractivity contribution in [1.82, 2.24) is 10.6 Å². The Morgan fingerprint density at radius 1 is 1.00 bits per heavy atom. The molecular weight excluding hydrogens is 232 g/mol. The molecule has 2 saturated heterocycles. The van der Waals surface area contributed by atoms with Gasteiger partial charge in [-0.15, -0.1) is 0 Å². The van der Waals surface area contributed by atoms with Crippen LogP contribution in [0.2, 0.25) is 0 Å². The Kier molecular flexibility index (Phi) is 4.83. The minimum atomic E-state index is -0.124. The van der Waals surface area contributed by atoms with Crippen LogP contribution >= 0.6 is 0 Å². The summed E-state index contributed by atoms with van der Waals surface area (Å²) in [5.74, 6) is 0. The number of ether oxygens (including phenoxy) is 2. The molecule has 18 heavy (non-hydrogen) atoms. The Morgan fingerprint density at radius 2 is 1.44 bits per heavy atom. The molecule has 0 aromatic rings. The molecule has 0 saturated carbocycles. The van der Waals surface area contributed by atoms with Crippen LogP contribution in [0.3, 0.4) is 0 Å². The fraction of sp³-hybridized carbons (Fsp3) is 0.923. The third-order valence-corrected chi connectivity index (χ3v) is 3.76. The maximum atomic E-state index is 11.8. The van der Waals surface area contributed by atoms with Gasteiger partial charge in [0.2, 0.25) is 0 Å². The van der Waals surface area contributed by atoms with Crippen molar-refractivity contribution < 1.29 is 14.3 Å². The summed E-state index contributed by atoms with van der Waals surface area (Å²) in [6.07, 6.45) is 4.56. The number of amides is 2. The molecule has 4 atom stereocenters. The van der Waals surface area contributed by atoms with Crippen molar-refractivity contribution in [2.45, 2.75) is 63.8 Å². The predicted molar refractivity (Wildman–Crippen MR) is 68.5 cm³/mol. The number of nitrogens with one attached hydrogen (secondary N) is 2. The highest BCUT2D eigenvalue weighted by Gasteiger charge is 2.26. The van der Waals surface area contributed by atoms with Crippen molar-refractivity contribution in [3.05, 3.63) is 0 Å². The molecule has 0 bridgehead atoms. The molecule has 4 unspecified atom stereocenters. The maximum absolute atomic E-state index is 11.8. The lowest BCUT2D eigenvalue weighted by Gasteiger charge is -2.24. The Labute approximate surface area is 109 Å². The topological polar surface area (TPSA) is 59.6 Å². The number of rotatable bonds is 4. The van der Waals surface area contributed by atoms with E-state index in [-0.39, 0.29) is 30.3 Å². The average molecular weight is 256 g/mol. The SMILES string of the molecule is CC(NC(=O)NC(C)C1CCCO1)C1CCCO1. The molecule has 0 aromatic carbocycles. The number of urea groups is 1. The highest BCUT2D eigenvalue weighted by atomic mass is 16.5. The van der Waals surface area contributed by atoms with Gasteiger partial charge < -0.3 is 20.1 Å². The number of hydrogen-bond acceptors (Lipinski definition) is 3. The first kappa shape index (κ1) is 13.6. The third-order valence-electron chi connectivity index (χ3n) is 3.76. The van der Waals surface area contributed by atoms with Crippen LogP contribution in [0.25, 0.3) is 0 Å². The molecule has 2 aliphatic rings. The first-order valence-corrected chi connectivity index (χ1v) is 6.97. The minimum Gasteiger partial charge on any atom is -0.376 e. The standard InChI is InChI=1S/C13H24N2O3/c1-9(11-5-3-7-17-11)14-13(16)15-10(2)12-6-4-8-18-12/h9-12H,3-8H2,1-2H3,(H2,14,15,16). The van der Waals surface area contributed by atoms with Crippen molar-refractivity contribution in [2.75, 3.05) is 13.2 Å². The number of hydrogen-bond donors (Lipinski definition) is 2. The van der Waals surface area contributed by atoms with Gasteiger partial charge in [-0.3, -0.25) is 0 Å². The zero-order valence-electron chi connectivity index (χ0n) is 11.3. The van der Waals surface area contributed by atoms with Crippen molar-refractivity contribution in [3.8, 4) is 0 Å². The van der Waals surface area contributed by atoms with Gasteiger partial charge in [-0.05, 0) is 39.5 Å². The monoisotopic (exact) mass is 256 g/mol. The molecule has 0 aliphatic carbocycles. The Bertz CT molecular complexity index is 247. The molecule has 104 valence electrons. The van der Waals surface area contributed by atoms with Gasteiger partial charge in [-0.25, -0.2) is 4.79 Å². The van der Waals surface area contributed by atoms with Crippen molar-refractivity contribution >= 4 is 6.03 Å². The lowest BCUT2D eigenvalue weighted by molar-refractivity contribution is 0.0792. The van der Waals surface area contributed by atoms with Crippen LogP contribution in [0.4, 0.5) is 4.79 Å². The summed E-state index contributed by atoms with van der Waals surface area (Å²) in [6, 6.07) is -0.00519. The largest absolute Gasteiger partial charge is 0.376 e. The summed E-state index contributed by atoms with van der Waals surface area (Å²) in [6.45, 7) is 5.61. The number of carbonyl (C=O) groups excluding carboxylic acids is 1. The molecule has 2 aliphatic heterocycles. The second-order valence-corrected chi connectivity index (χ2v) is 5.30. The summed E-state index contributed by atoms with van der Waals surface area (Å²) in [5, 5.41) is 5.89. The van der Waals surface area contributed by atoms with E-state index in [1.165, 1.54) is 0 Å². The van der Waals surface area contributed by atoms with Gasteiger partial charge in [0.15, 0.2) is 0 Å². The minimum absolute atomic E-state index is 0.0594. The van der Waals surface area contributed by atoms with Crippen LogP contribution in [0.5, 0.6) is 0 Å². The molecule has 2 amide bonds. The van der Waals surface area contributed by atoms with Crippen molar-refractivity contribution in [3.63, 3.8) is 0 Å². The van der Waals surface area contributed by atoms with Gasteiger partial charge in [-0.1, -0.05) is 0 Å². The first-order chi connectivity index (χ1) is 8.66. The fourth-order valence-electron chi connectivity index (χ4n) is 2.63. The van der Waals surface area contributed by atoms with E-state index < -0.39 is 0 Å². The summed E-state index contributed by atoms with van der Waals surface area (Å²) in [4.78, 5) is 11.8. The van der Waals surface area contributed by atoms with E-state index in [0.29, 0.717) is 0 Å². The van der Waals surface area contributed by atoms with Gasteiger partial charge in [0.25, 0.3) is 0 Å². The average Bonchev–Trinajstić information content (AvgIpc) is 3.02. The number of carbonyl (C=O) groups is 1. The van der Waals surface area contributed by atoms with E-state index in [4.69, 9.17) is 9.47 Å². The summed E-state index contributed by atoms with van der Waals surface area (Å²) >= 11 is 0. The van der Waals surface area contributed by atoms with Gasteiger partial charge >= 0.3 is 6.03 Å². The summed E-state index contributed by atoms with van der Waals surface area (Å²) < 4.78 is 11.1. The van der Waals surface area contributed by atoms with Crippen LogP contribution in [0.1, 0.15) is 39.5 Å². The van der Waals surface area contributed by atoms with Crippen LogP contribution < -0.4 is 10.6 Å². The lowest BCUT2D eigenvalue weighted by Crippen LogP contribution is -2.50. The van der Waals surface area contributed by atoms with E-state index in [1.54, 1.807) is 0 Å². The molecule has 2 N–H and O–H groups in total. The zero-order valence-corrected chi connectivity index (χ0v) is 11.3. The van der Waals surface area contributed by atoms with Crippen LogP contribution in [-0.2, 0) is 9.47 Å². The highest BCUT2D eigenvalue weighted by Crippen LogP contribution is 2.16. The van der Waals surface area contributed by atoms with E-state index in [0.717, 1.165) is 38.9 Å². The molecule has 2 fully saturated rings. The van der Waals surface area contributed by atoms with Gasteiger partial charge in [0, 0.05) is 13.2 Å². The molecule has 2 heterocycles. The summed E-state index contributed by atoms with van der Waals surface area (Å²) in [7, 11) is 0. The Hall–Kier alpha value is -0.810. The van der Waals surface area contributed by atoms with Crippen molar-refractivity contribution in [2.24, 2.45) is 0 Å². The molecule has 0 aromatic heterocycles. The lowest BCUT2D eigenvalue weighted by atomic mass is 10.1. The maximum Gasteiger partial charge on any atom is 0.315 e. The van der Waals surface area contributed by atoms with E-state index in [2.05, 4.69) is 10.6 Å². The van der Waals surface area contributed by atoms with E-state index >= 15 is 0 Å². The second kappa shape index (κ2) is 6.38. The molecular formula is C13H24N2O3. The van der Waals surface area contributed by atoms with Crippen molar-refractivity contribution in [1.29, 1.82) is 0 Å². The summed E-state index contributed by atoms with van der Waals surface area (Å²) in [5.41, 5.74) is 0. The third kappa shape index (κ3) is 3.59. The predicted octanol–water partition coefficient (Wildman–Crippen LogP) is 1.42. The van der Waals surface area contributed by atoms with E-state index in [9.17, 15) is 4.79 Å². The molecule has 0 spiro atoms. The van der Waals surface area contributed by atoms with E-state index in [1.807, 2.05) is 13.8 Å². The van der Waals surface area contributed by atoms with Gasteiger partial charge in [-0.2, -0.15) is 0 Å². The van der Waals surface area contributed by atoms with Crippen LogP contribution in [0, 0.1) is 0 Å². The molecule has 5 heteroatoms. The Morgan fingerprint density at radius 3 is 1.78 bits per heavy atom. The van der Waals surface area contributed by atoms with Gasteiger partial charge in [0.1, 0.15) is 0 Å². The zero-order chi connectivity index (χ0) is 13.0.